The molecule has 200 valence electrons. The number of hydrogen-bond acceptors (Lipinski definition) is 8. The molecule has 0 saturated carbocycles. The number of amides is 3. The van der Waals surface area contributed by atoms with Gasteiger partial charge in [0.25, 0.3) is 0 Å². The predicted molar refractivity (Wildman–Crippen MR) is 125 cm³/mol. The lowest BCUT2D eigenvalue weighted by atomic mass is 10.0. The van der Waals surface area contributed by atoms with Gasteiger partial charge in [0.05, 0.1) is 12.6 Å². The van der Waals surface area contributed by atoms with E-state index in [-0.39, 0.29) is 37.7 Å². The molecule has 0 bridgehead atoms. The van der Waals surface area contributed by atoms with E-state index < -0.39 is 66.9 Å². The molecule has 0 fully saturated rings. The number of guanidine groups is 1. The second kappa shape index (κ2) is 16.2. The smallest absolute Gasteiger partial charge is 0.326 e. The van der Waals surface area contributed by atoms with Crippen LogP contribution in [0.15, 0.2) is 4.99 Å². The Morgan fingerprint density at radius 1 is 0.857 bits per heavy atom. The van der Waals surface area contributed by atoms with Crippen molar-refractivity contribution in [1.29, 1.82) is 0 Å². The first-order chi connectivity index (χ1) is 16.3. The molecule has 12 N–H and O–H groups in total. The standard InChI is InChI=1S/C20H37N7O8/c1-10(2)8-11(21)16(31)25-12(5-6-15(29)30)17(32)27-14(9-28)18(33)26-13(19(34)35)4-3-7-24-20(22)23/h10-14,28H,3-9,21H2,1-2H3,(H,25,31)(H,26,33)(H,27,32)(H,29,30)(H,34,35)(H4,22,23,24). The quantitative estimate of drug-likeness (QED) is 0.0541. The largest absolute Gasteiger partial charge is 0.481 e. The summed E-state index contributed by atoms with van der Waals surface area (Å²) in [5, 5.41) is 34.6. The van der Waals surface area contributed by atoms with Crippen molar-refractivity contribution in [2.24, 2.45) is 28.1 Å². The third-order valence-corrected chi connectivity index (χ3v) is 4.72. The van der Waals surface area contributed by atoms with Crippen molar-refractivity contribution < 1.29 is 39.3 Å². The molecule has 0 aromatic carbocycles. The number of carbonyl (C=O) groups is 5. The van der Waals surface area contributed by atoms with E-state index in [9.17, 15) is 34.2 Å². The lowest BCUT2D eigenvalue weighted by molar-refractivity contribution is -0.142. The number of aliphatic imine (C=N–C) groups is 1. The van der Waals surface area contributed by atoms with Gasteiger partial charge in [-0.05, 0) is 31.6 Å². The highest BCUT2D eigenvalue weighted by Crippen LogP contribution is 2.06. The molecule has 4 atom stereocenters. The molecule has 15 heteroatoms. The van der Waals surface area contributed by atoms with Crippen molar-refractivity contribution in [1.82, 2.24) is 16.0 Å². The van der Waals surface area contributed by atoms with Gasteiger partial charge in [0, 0.05) is 13.0 Å². The SMILES string of the molecule is CC(C)CC(N)C(=O)NC(CCC(=O)O)C(=O)NC(CO)C(=O)NC(CCCN=C(N)N)C(=O)O. The molecular weight excluding hydrogens is 466 g/mol. The van der Waals surface area contributed by atoms with Gasteiger partial charge in [-0.25, -0.2) is 4.79 Å². The fraction of sp³-hybridized carbons (Fsp3) is 0.700. The summed E-state index contributed by atoms with van der Waals surface area (Å²) < 4.78 is 0. The maximum Gasteiger partial charge on any atom is 0.326 e. The fourth-order valence-electron chi connectivity index (χ4n) is 2.93. The lowest BCUT2D eigenvalue weighted by Gasteiger charge is -2.24. The van der Waals surface area contributed by atoms with Gasteiger partial charge in [-0.3, -0.25) is 24.2 Å². The van der Waals surface area contributed by atoms with Crippen LogP contribution in [-0.2, 0) is 24.0 Å². The number of aliphatic carboxylic acids is 2. The number of carbonyl (C=O) groups excluding carboxylic acids is 3. The molecule has 0 spiro atoms. The van der Waals surface area contributed by atoms with Crippen molar-refractivity contribution in [3.63, 3.8) is 0 Å². The summed E-state index contributed by atoms with van der Waals surface area (Å²) in [6.45, 7) is 2.94. The third kappa shape index (κ3) is 13.7. The molecule has 0 rings (SSSR count). The fourth-order valence-corrected chi connectivity index (χ4v) is 2.93. The van der Waals surface area contributed by atoms with E-state index in [1.54, 1.807) is 0 Å². The van der Waals surface area contributed by atoms with Crippen LogP contribution >= 0.6 is 0 Å². The number of carboxylic acids is 2. The number of nitrogens with two attached hydrogens (primary N) is 3. The predicted octanol–water partition coefficient (Wildman–Crippen LogP) is -3.19. The highest BCUT2D eigenvalue weighted by Gasteiger charge is 2.30. The van der Waals surface area contributed by atoms with E-state index in [2.05, 4.69) is 20.9 Å². The molecule has 15 nitrogen and oxygen atoms in total. The van der Waals surface area contributed by atoms with E-state index in [4.69, 9.17) is 22.3 Å². The van der Waals surface area contributed by atoms with Crippen LogP contribution in [0, 0.1) is 5.92 Å². The van der Waals surface area contributed by atoms with E-state index in [1.807, 2.05) is 13.8 Å². The Hall–Kier alpha value is -3.46. The van der Waals surface area contributed by atoms with Crippen LogP contribution in [0.5, 0.6) is 0 Å². The molecule has 3 amide bonds. The van der Waals surface area contributed by atoms with Gasteiger partial charge in [0.2, 0.25) is 17.7 Å². The molecule has 0 aliphatic heterocycles. The third-order valence-electron chi connectivity index (χ3n) is 4.72. The average molecular weight is 504 g/mol. The second-order valence-corrected chi connectivity index (χ2v) is 8.32. The number of hydrogen-bond donors (Lipinski definition) is 9. The van der Waals surface area contributed by atoms with Gasteiger partial charge < -0.3 is 48.5 Å². The molecule has 0 saturated heterocycles. The van der Waals surface area contributed by atoms with Gasteiger partial charge in [0.15, 0.2) is 5.96 Å². The molecule has 0 aromatic rings. The van der Waals surface area contributed by atoms with E-state index in [0.717, 1.165) is 0 Å². The zero-order valence-corrected chi connectivity index (χ0v) is 19.9. The van der Waals surface area contributed by atoms with Crippen LogP contribution in [0.2, 0.25) is 0 Å². The van der Waals surface area contributed by atoms with Crippen molar-refractivity contribution in [3.8, 4) is 0 Å². The van der Waals surface area contributed by atoms with Gasteiger partial charge in [-0.15, -0.1) is 0 Å². The van der Waals surface area contributed by atoms with Crippen LogP contribution in [0.25, 0.3) is 0 Å². The zero-order chi connectivity index (χ0) is 27.1. The highest BCUT2D eigenvalue weighted by molar-refractivity contribution is 5.94. The minimum Gasteiger partial charge on any atom is -0.481 e. The lowest BCUT2D eigenvalue weighted by Crippen LogP contribution is -2.58. The molecule has 0 aromatic heterocycles. The van der Waals surface area contributed by atoms with E-state index in [1.165, 1.54) is 0 Å². The summed E-state index contributed by atoms with van der Waals surface area (Å²) >= 11 is 0. The minimum absolute atomic E-state index is 0.0328. The van der Waals surface area contributed by atoms with Gasteiger partial charge in [-0.1, -0.05) is 13.8 Å². The first kappa shape index (κ1) is 31.5. The summed E-state index contributed by atoms with van der Waals surface area (Å²) in [4.78, 5) is 63.6. The van der Waals surface area contributed by atoms with Gasteiger partial charge in [0.1, 0.15) is 18.1 Å². The minimum atomic E-state index is -1.56. The summed E-state index contributed by atoms with van der Waals surface area (Å²) in [5.74, 6) is -5.26. The monoisotopic (exact) mass is 503 g/mol. The molecule has 0 radical (unpaired) electrons. The van der Waals surface area contributed by atoms with Gasteiger partial charge >= 0.3 is 11.9 Å². The number of carboxylic acid groups (broad SMARTS) is 2. The molecule has 0 aliphatic rings. The topological polar surface area (TPSA) is 273 Å². The van der Waals surface area contributed by atoms with Gasteiger partial charge in [-0.2, -0.15) is 0 Å². The Morgan fingerprint density at radius 2 is 1.40 bits per heavy atom. The van der Waals surface area contributed by atoms with Crippen LogP contribution < -0.4 is 33.2 Å². The molecule has 0 heterocycles. The van der Waals surface area contributed by atoms with Crippen molar-refractivity contribution in [2.75, 3.05) is 13.2 Å². The Balaban J connectivity index is 5.26. The zero-order valence-electron chi connectivity index (χ0n) is 19.9. The first-order valence-electron chi connectivity index (χ1n) is 11.1. The maximum absolute atomic E-state index is 12.7. The molecule has 0 aliphatic carbocycles. The summed E-state index contributed by atoms with van der Waals surface area (Å²) in [5.41, 5.74) is 16.2. The normalized spacial score (nSPS) is 14.2. The van der Waals surface area contributed by atoms with Crippen LogP contribution in [-0.4, -0.2) is 88.3 Å². The summed E-state index contributed by atoms with van der Waals surface area (Å²) in [6.07, 6.45) is -0.255. The number of nitrogens with one attached hydrogen (secondary N) is 3. The van der Waals surface area contributed by atoms with Crippen molar-refractivity contribution in [2.45, 2.75) is 70.1 Å². The molecular formula is C20H37N7O8. The first-order valence-corrected chi connectivity index (χ1v) is 11.1. The van der Waals surface area contributed by atoms with Crippen LogP contribution in [0.4, 0.5) is 0 Å². The number of aliphatic hydroxyl groups is 1. The van der Waals surface area contributed by atoms with Crippen molar-refractivity contribution >= 4 is 35.6 Å². The Labute approximate surface area is 202 Å². The van der Waals surface area contributed by atoms with E-state index in [0.29, 0.717) is 6.42 Å². The number of nitrogens with zero attached hydrogens (tertiary/aromatic N) is 1. The molecule has 35 heavy (non-hydrogen) atoms. The highest BCUT2D eigenvalue weighted by atomic mass is 16.4. The average Bonchev–Trinajstić information content (AvgIpc) is 2.75. The maximum atomic E-state index is 12.7. The molecule has 4 unspecified atom stereocenters. The van der Waals surface area contributed by atoms with Crippen molar-refractivity contribution in [3.05, 3.63) is 0 Å². The number of rotatable bonds is 17. The Kier molecular flexibility index (Phi) is 14.6. The summed E-state index contributed by atoms with van der Waals surface area (Å²) in [7, 11) is 0. The summed E-state index contributed by atoms with van der Waals surface area (Å²) in [6, 6.07) is -5.20. The van der Waals surface area contributed by atoms with E-state index >= 15 is 0 Å². The second-order valence-electron chi connectivity index (χ2n) is 8.32. The van der Waals surface area contributed by atoms with Crippen LogP contribution in [0.3, 0.4) is 0 Å². The Bertz CT molecular complexity index is 771. The number of aliphatic hydroxyl groups excluding tert-OH is 1. The Morgan fingerprint density at radius 3 is 1.89 bits per heavy atom. The van der Waals surface area contributed by atoms with Crippen LogP contribution in [0.1, 0.15) is 46.0 Å².